The summed E-state index contributed by atoms with van der Waals surface area (Å²) >= 11 is 5.95. The quantitative estimate of drug-likeness (QED) is 0.490. The monoisotopic (exact) mass is 494 g/mol. The number of rotatable bonds is 7. The molecular weight excluding hydrogens is 472 g/mol. The number of amides is 3. The number of benzene rings is 2. The van der Waals surface area contributed by atoms with Crippen molar-refractivity contribution >= 4 is 39.3 Å². The number of hydrogen-bond acceptors (Lipinski definition) is 6. The van der Waals surface area contributed by atoms with Gasteiger partial charge in [0.2, 0.25) is 15.9 Å². The standard InChI is InChI=1S/C21H23ClN4O6S/c22-18-7-2-1-6-17(18)21(29)23-9-8-19(27)24-25-20(28)15-4-3-5-16(14-15)33(30,31)26-10-12-32-13-11-26/h1-7,14H,8-13H2,(H,23,29)(H,24,27)(H,25,28). The first-order valence-electron chi connectivity index (χ1n) is 10.1. The van der Waals surface area contributed by atoms with E-state index in [0.29, 0.717) is 23.8 Å². The van der Waals surface area contributed by atoms with Crippen molar-refractivity contribution in [1.82, 2.24) is 20.5 Å². The molecule has 0 radical (unpaired) electrons. The number of morpholine rings is 1. The number of carbonyl (C=O) groups is 3. The summed E-state index contributed by atoms with van der Waals surface area (Å²) in [5.74, 6) is -1.64. The Morgan fingerprint density at radius 3 is 2.42 bits per heavy atom. The summed E-state index contributed by atoms with van der Waals surface area (Å²) in [6.45, 7) is 1.12. The van der Waals surface area contributed by atoms with Crippen LogP contribution in [0, 0.1) is 0 Å². The van der Waals surface area contributed by atoms with Gasteiger partial charge in [-0.2, -0.15) is 4.31 Å². The Morgan fingerprint density at radius 2 is 1.70 bits per heavy atom. The zero-order chi connectivity index (χ0) is 23.8. The Morgan fingerprint density at radius 1 is 0.970 bits per heavy atom. The van der Waals surface area contributed by atoms with E-state index in [1.807, 2.05) is 0 Å². The molecule has 10 nitrogen and oxygen atoms in total. The molecule has 2 aromatic carbocycles. The first-order valence-corrected chi connectivity index (χ1v) is 11.9. The number of halogens is 1. The van der Waals surface area contributed by atoms with E-state index in [9.17, 15) is 22.8 Å². The zero-order valence-corrected chi connectivity index (χ0v) is 19.1. The van der Waals surface area contributed by atoms with Gasteiger partial charge in [-0.15, -0.1) is 0 Å². The maximum atomic E-state index is 12.8. The Kier molecular flexibility index (Phi) is 8.39. The lowest BCUT2D eigenvalue weighted by Gasteiger charge is -2.26. The van der Waals surface area contributed by atoms with Gasteiger partial charge < -0.3 is 10.1 Å². The van der Waals surface area contributed by atoms with Gasteiger partial charge >= 0.3 is 0 Å². The van der Waals surface area contributed by atoms with E-state index in [4.69, 9.17) is 16.3 Å². The summed E-state index contributed by atoms with van der Waals surface area (Å²) in [6, 6.07) is 12.0. The van der Waals surface area contributed by atoms with Crippen LogP contribution in [0.4, 0.5) is 0 Å². The average Bonchev–Trinajstić information content (AvgIpc) is 2.83. The molecule has 0 aliphatic carbocycles. The van der Waals surface area contributed by atoms with Gasteiger partial charge in [0, 0.05) is 31.6 Å². The van der Waals surface area contributed by atoms with Crippen LogP contribution in [0.15, 0.2) is 53.4 Å². The number of hydrogen-bond donors (Lipinski definition) is 3. The molecule has 1 fully saturated rings. The number of sulfonamides is 1. The van der Waals surface area contributed by atoms with E-state index < -0.39 is 27.7 Å². The topological polar surface area (TPSA) is 134 Å². The predicted molar refractivity (Wildman–Crippen MR) is 120 cm³/mol. The van der Waals surface area contributed by atoms with Gasteiger partial charge in [0.1, 0.15) is 0 Å². The Balaban J connectivity index is 1.49. The lowest BCUT2D eigenvalue weighted by atomic mass is 10.2. The fourth-order valence-corrected chi connectivity index (χ4v) is 4.70. The molecule has 3 N–H and O–H groups in total. The molecular formula is C21H23ClN4O6S. The van der Waals surface area contributed by atoms with Crippen molar-refractivity contribution < 1.29 is 27.5 Å². The van der Waals surface area contributed by atoms with Gasteiger partial charge in [-0.05, 0) is 30.3 Å². The van der Waals surface area contributed by atoms with E-state index in [2.05, 4.69) is 16.2 Å². The average molecular weight is 495 g/mol. The summed E-state index contributed by atoms with van der Waals surface area (Å²) < 4.78 is 32.0. The molecule has 1 saturated heterocycles. The number of carbonyl (C=O) groups excluding carboxylic acids is 3. The van der Waals surface area contributed by atoms with Gasteiger partial charge in [-0.25, -0.2) is 8.42 Å². The first-order chi connectivity index (χ1) is 15.8. The minimum atomic E-state index is -3.76. The highest BCUT2D eigenvalue weighted by Crippen LogP contribution is 2.18. The van der Waals surface area contributed by atoms with Gasteiger partial charge in [0.05, 0.1) is 28.7 Å². The Labute approximate surface area is 196 Å². The fraction of sp³-hybridized carbons (Fsp3) is 0.286. The van der Waals surface area contributed by atoms with Gasteiger partial charge in [-0.3, -0.25) is 25.2 Å². The van der Waals surface area contributed by atoms with Crippen molar-refractivity contribution in [2.24, 2.45) is 0 Å². The lowest BCUT2D eigenvalue weighted by molar-refractivity contribution is -0.121. The normalized spacial score (nSPS) is 14.3. The van der Waals surface area contributed by atoms with E-state index in [1.54, 1.807) is 24.3 Å². The highest BCUT2D eigenvalue weighted by Gasteiger charge is 2.27. The highest BCUT2D eigenvalue weighted by atomic mass is 35.5. The van der Waals surface area contributed by atoms with E-state index >= 15 is 0 Å². The number of hydrazine groups is 1. The number of nitrogens with zero attached hydrogens (tertiary/aromatic N) is 1. The maximum Gasteiger partial charge on any atom is 0.269 e. The molecule has 176 valence electrons. The smallest absolute Gasteiger partial charge is 0.269 e. The zero-order valence-electron chi connectivity index (χ0n) is 17.5. The summed E-state index contributed by atoms with van der Waals surface area (Å²) in [6.07, 6.45) is -0.0953. The first kappa shape index (κ1) is 24.6. The van der Waals surface area contributed by atoms with Crippen molar-refractivity contribution in [3.05, 3.63) is 64.7 Å². The van der Waals surface area contributed by atoms with Crippen LogP contribution in [-0.4, -0.2) is 63.3 Å². The molecule has 1 aliphatic rings. The van der Waals surface area contributed by atoms with E-state index in [1.165, 1.54) is 28.6 Å². The molecule has 0 aromatic heterocycles. The molecule has 0 unspecified atom stereocenters. The summed E-state index contributed by atoms with van der Waals surface area (Å²) in [4.78, 5) is 36.4. The second kappa shape index (κ2) is 11.2. The van der Waals surface area contributed by atoms with Crippen LogP contribution in [0.1, 0.15) is 27.1 Å². The van der Waals surface area contributed by atoms with Crippen LogP contribution < -0.4 is 16.2 Å². The molecule has 2 aromatic rings. The van der Waals surface area contributed by atoms with Crippen molar-refractivity contribution in [3.8, 4) is 0 Å². The SMILES string of the molecule is O=C(CCNC(=O)c1ccccc1Cl)NNC(=O)c1cccc(S(=O)(=O)N2CCOCC2)c1. The third kappa shape index (κ3) is 6.51. The molecule has 0 spiro atoms. The van der Waals surface area contributed by atoms with E-state index in [0.717, 1.165) is 0 Å². The van der Waals surface area contributed by atoms with Crippen molar-refractivity contribution in [1.29, 1.82) is 0 Å². The minimum absolute atomic E-state index is 0.0225. The molecule has 0 bridgehead atoms. The third-order valence-corrected chi connectivity index (χ3v) is 7.00. The summed E-state index contributed by atoms with van der Waals surface area (Å²) in [5.41, 5.74) is 4.83. The number of ether oxygens (including phenoxy) is 1. The molecule has 0 saturated carbocycles. The largest absolute Gasteiger partial charge is 0.379 e. The molecule has 3 rings (SSSR count). The molecule has 1 aliphatic heterocycles. The van der Waals surface area contributed by atoms with Gasteiger partial charge in [0.15, 0.2) is 0 Å². The van der Waals surface area contributed by atoms with Gasteiger partial charge in [-0.1, -0.05) is 29.8 Å². The minimum Gasteiger partial charge on any atom is -0.379 e. The van der Waals surface area contributed by atoms with Crippen molar-refractivity contribution in [2.45, 2.75) is 11.3 Å². The second-order valence-electron chi connectivity index (χ2n) is 7.03. The number of nitrogens with one attached hydrogen (secondary N) is 3. The summed E-state index contributed by atoms with van der Waals surface area (Å²) in [7, 11) is -3.76. The second-order valence-corrected chi connectivity index (χ2v) is 9.38. The van der Waals surface area contributed by atoms with Crippen LogP contribution in [0.5, 0.6) is 0 Å². The van der Waals surface area contributed by atoms with Crippen molar-refractivity contribution in [2.75, 3.05) is 32.8 Å². The van der Waals surface area contributed by atoms with Crippen LogP contribution in [0.3, 0.4) is 0 Å². The molecule has 3 amide bonds. The summed E-state index contributed by atoms with van der Waals surface area (Å²) in [5, 5.41) is 2.86. The van der Waals surface area contributed by atoms with Crippen LogP contribution in [0.2, 0.25) is 5.02 Å². The molecule has 33 heavy (non-hydrogen) atoms. The van der Waals surface area contributed by atoms with Crippen molar-refractivity contribution in [3.63, 3.8) is 0 Å². The molecule has 12 heteroatoms. The van der Waals surface area contributed by atoms with E-state index in [-0.39, 0.29) is 36.5 Å². The fourth-order valence-electron chi connectivity index (χ4n) is 3.03. The highest BCUT2D eigenvalue weighted by molar-refractivity contribution is 7.89. The predicted octanol–water partition coefficient (Wildman–Crippen LogP) is 0.942. The molecule has 1 heterocycles. The Bertz CT molecular complexity index is 1140. The lowest BCUT2D eigenvalue weighted by Crippen LogP contribution is -2.43. The van der Waals surface area contributed by atoms with Gasteiger partial charge in [0.25, 0.3) is 11.8 Å². The van der Waals surface area contributed by atoms with Crippen LogP contribution in [0.25, 0.3) is 0 Å². The van der Waals surface area contributed by atoms with Crippen LogP contribution >= 0.6 is 11.6 Å². The molecule has 0 atom stereocenters. The third-order valence-electron chi connectivity index (χ3n) is 4.78. The Hall–Kier alpha value is -2.99. The van der Waals surface area contributed by atoms with Crippen LogP contribution in [-0.2, 0) is 19.6 Å². The maximum absolute atomic E-state index is 12.8.